The smallest absolute Gasteiger partial charge is 0.338 e. The number of ether oxygens (including phenoxy) is 3. The van der Waals surface area contributed by atoms with E-state index in [2.05, 4.69) is 31.9 Å². The first-order valence-electron chi connectivity index (χ1n) is 6.97. The Morgan fingerprint density at radius 3 is 2.43 bits per heavy atom. The molecule has 0 unspecified atom stereocenters. The van der Waals surface area contributed by atoms with Gasteiger partial charge in [-0.2, -0.15) is 0 Å². The van der Waals surface area contributed by atoms with Gasteiger partial charge in [0, 0.05) is 4.47 Å². The number of methoxy groups -OCH3 is 1. The molecular formula is C17H16Br2O4. The van der Waals surface area contributed by atoms with Crippen molar-refractivity contribution in [2.24, 2.45) is 0 Å². The van der Waals surface area contributed by atoms with Gasteiger partial charge in [0.25, 0.3) is 0 Å². The van der Waals surface area contributed by atoms with Gasteiger partial charge in [0.05, 0.1) is 23.8 Å². The molecule has 0 saturated heterocycles. The van der Waals surface area contributed by atoms with Crippen molar-refractivity contribution in [2.45, 2.75) is 13.5 Å². The van der Waals surface area contributed by atoms with Gasteiger partial charge in [-0.15, -0.1) is 0 Å². The van der Waals surface area contributed by atoms with Crippen LogP contribution in [0.2, 0.25) is 0 Å². The maximum Gasteiger partial charge on any atom is 0.338 e. The summed E-state index contributed by atoms with van der Waals surface area (Å²) in [5, 5.41) is 0. The number of esters is 1. The molecule has 0 amide bonds. The van der Waals surface area contributed by atoms with Gasteiger partial charge in [-0.25, -0.2) is 4.79 Å². The van der Waals surface area contributed by atoms with E-state index >= 15 is 0 Å². The lowest BCUT2D eigenvalue weighted by Crippen LogP contribution is -2.06. The lowest BCUT2D eigenvalue weighted by atomic mass is 10.2. The van der Waals surface area contributed by atoms with Crippen LogP contribution in [0.4, 0.5) is 0 Å². The van der Waals surface area contributed by atoms with E-state index in [4.69, 9.17) is 14.2 Å². The van der Waals surface area contributed by atoms with Crippen LogP contribution in [0.3, 0.4) is 0 Å². The van der Waals surface area contributed by atoms with E-state index in [1.54, 1.807) is 19.1 Å². The van der Waals surface area contributed by atoms with Gasteiger partial charge >= 0.3 is 5.97 Å². The van der Waals surface area contributed by atoms with Crippen molar-refractivity contribution in [3.05, 3.63) is 56.5 Å². The third-order valence-electron chi connectivity index (χ3n) is 3.04. The van der Waals surface area contributed by atoms with E-state index in [0.29, 0.717) is 34.7 Å². The van der Waals surface area contributed by atoms with Gasteiger partial charge in [0.1, 0.15) is 6.61 Å². The average Bonchev–Trinajstić information content (AvgIpc) is 2.54. The average molecular weight is 444 g/mol. The molecule has 0 radical (unpaired) electrons. The summed E-state index contributed by atoms with van der Waals surface area (Å²) >= 11 is 6.82. The van der Waals surface area contributed by atoms with Crippen molar-refractivity contribution < 1.29 is 19.0 Å². The van der Waals surface area contributed by atoms with E-state index in [0.717, 1.165) is 10.0 Å². The second-order valence-corrected chi connectivity index (χ2v) is 6.40. The van der Waals surface area contributed by atoms with E-state index < -0.39 is 5.97 Å². The van der Waals surface area contributed by atoms with Crippen molar-refractivity contribution in [3.63, 3.8) is 0 Å². The topological polar surface area (TPSA) is 44.8 Å². The normalized spacial score (nSPS) is 10.3. The quantitative estimate of drug-likeness (QED) is 0.591. The Bertz CT molecular complexity index is 684. The SMILES string of the molecule is CCOC(=O)c1cc(Br)c(OCc2ccc(Br)cc2)c(OC)c1. The maximum absolute atomic E-state index is 11.8. The first-order valence-corrected chi connectivity index (χ1v) is 8.55. The zero-order valence-corrected chi connectivity index (χ0v) is 15.9. The molecule has 4 nitrogen and oxygen atoms in total. The summed E-state index contributed by atoms with van der Waals surface area (Å²) in [4.78, 5) is 11.8. The van der Waals surface area contributed by atoms with Crippen LogP contribution >= 0.6 is 31.9 Å². The van der Waals surface area contributed by atoms with Gasteiger partial charge in [-0.05, 0) is 52.7 Å². The summed E-state index contributed by atoms with van der Waals surface area (Å²) in [6, 6.07) is 11.1. The summed E-state index contributed by atoms with van der Waals surface area (Å²) in [5.74, 6) is 0.619. The Morgan fingerprint density at radius 2 is 1.83 bits per heavy atom. The number of carbonyl (C=O) groups is 1. The van der Waals surface area contributed by atoms with Gasteiger partial charge < -0.3 is 14.2 Å². The second-order valence-electron chi connectivity index (χ2n) is 4.63. The molecule has 2 rings (SSSR count). The van der Waals surface area contributed by atoms with Crippen LogP contribution in [-0.2, 0) is 11.3 Å². The standard InChI is InChI=1S/C17H16Br2O4/c1-3-22-17(20)12-8-14(19)16(15(9-12)21-2)23-10-11-4-6-13(18)7-5-11/h4-9H,3,10H2,1-2H3. The Labute approximate surface area is 152 Å². The predicted octanol–water partition coefficient (Wildman–Crippen LogP) is 4.98. The molecule has 6 heteroatoms. The molecule has 0 aliphatic carbocycles. The molecule has 23 heavy (non-hydrogen) atoms. The molecule has 0 saturated carbocycles. The van der Waals surface area contributed by atoms with Crippen molar-refractivity contribution in [2.75, 3.05) is 13.7 Å². The monoisotopic (exact) mass is 442 g/mol. The van der Waals surface area contributed by atoms with Gasteiger partial charge in [0.2, 0.25) is 0 Å². The summed E-state index contributed by atoms with van der Waals surface area (Å²) in [7, 11) is 1.53. The van der Waals surface area contributed by atoms with Crippen LogP contribution in [0.1, 0.15) is 22.8 Å². The van der Waals surface area contributed by atoms with Crippen LogP contribution in [-0.4, -0.2) is 19.7 Å². The number of hydrogen-bond donors (Lipinski definition) is 0. The van der Waals surface area contributed by atoms with Crippen molar-refractivity contribution in [3.8, 4) is 11.5 Å². The molecule has 0 spiro atoms. The number of rotatable bonds is 6. The Morgan fingerprint density at radius 1 is 1.13 bits per heavy atom. The second kappa shape index (κ2) is 8.36. The first-order chi connectivity index (χ1) is 11.0. The fourth-order valence-electron chi connectivity index (χ4n) is 1.93. The van der Waals surface area contributed by atoms with Crippen LogP contribution < -0.4 is 9.47 Å². The minimum Gasteiger partial charge on any atom is -0.493 e. The number of hydrogen-bond acceptors (Lipinski definition) is 4. The first kappa shape index (κ1) is 17.8. The van der Waals surface area contributed by atoms with Gasteiger partial charge in [0.15, 0.2) is 11.5 Å². The fraction of sp³-hybridized carbons (Fsp3) is 0.235. The van der Waals surface area contributed by atoms with Crippen LogP contribution in [0, 0.1) is 0 Å². The zero-order chi connectivity index (χ0) is 16.8. The molecule has 0 fully saturated rings. The molecule has 122 valence electrons. The highest BCUT2D eigenvalue weighted by molar-refractivity contribution is 9.10. The Kier molecular flexibility index (Phi) is 6.47. The van der Waals surface area contributed by atoms with E-state index in [9.17, 15) is 4.79 Å². The van der Waals surface area contributed by atoms with Crippen LogP contribution in [0.25, 0.3) is 0 Å². The Balaban J connectivity index is 2.20. The number of benzene rings is 2. The largest absolute Gasteiger partial charge is 0.493 e. The van der Waals surface area contributed by atoms with Crippen LogP contribution in [0.5, 0.6) is 11.5 Å². The molecule has 2 aromatic rings. The van der Waals surface area contributed by atoms with E-state index in [1.807, 2.05) is 24.3 Å². The summed E-state index contributed by atoms with van der Waals surface area (Å²) < 4.78 is 17.8. The molecule has 0 aliphatic heterocycles. The summed E-state index contributed by atoms with van der Waals surface area (Å²) in [6.45, 7) is 2.47. The highest BCUT2D eigenvalue weighted by Gasteiger charge is 2.16. The lowest BCUT2D eigenvalue weighted by molar-refractivity contribution is 0.0525. The molecule has 0 atom stereocenters. The molecule has 0 aliphatic rings. The third-order valence-corrected chi connectivity index (χ3v) is 4.15. The molecule has 0 aromatic heterocycles. The molecule has 0 N–H and O–H groups in total. The Hall–Kier alpha value is -1.53. The van der Waals surface area contributed by atoms with Gasteiger partial charge in [-0.1, -0.05) is 28.1 Å². The van der Waals surface area contributed by atoms with Crippen molar-refractivity contribution in [1.82, 2.24) is 0 Å². The number of carbonyl (C=O) groups excluding carboxylic acids is 1. The summed E-state index contributed by atoms with van der Waals surface area (Å²) in [6.07, 6.45) is 0. The van der Waals surface area contributed by atoms with Gasteiger partial charge in [-0.3, -0.25) is 0 Å². The van der Waals surface area contributed by atoms with Crippen molar-refractivity contribution in [1.29, 1.82) is 0 Å². The highest BCUT2D eigenvalue weighted by Crippen LogP contribution is 2.37. The van der Waals surface area contributed by atoms with E-state index in [-0.39, 0.29) is 0 Å². The van der Waals surface area contributed by atoms with Crippen molar-refractivity contribution >= 4 is 37.8 Å². The third kappa shape index (κ3) is 4.72. The lowest BCUT2D eigenvalue weighted by Gasteiger charge is -2.14. The fourth-order valence-corrected chi connectivity index (χ4v) is 2.75. The number of halogens is 2. The van der Waals surface area contributed by atoms with E-state index in [1.165, 1.54) is 7.11 Å². The maximum atomic E-state index is 11.8. The molecule has 0 heterocycles. The minimum atomic E-state index is -0.397. The van der Waals surface area contributed by atoms with Crippen LogP contribution in [0.15, 0.2) is 45.3 Å². The molecule has 2 aromatic carbocycles. The summed E-state index contributed by atoms with van der Waals surface area (Å²) in [5.41, 5.74) is 1.43. The predicted molar refractivity (Wildman–Crippen MR) is 95.1 cm³/mol. The highest BCUT2D eigenvalue weighted by atomic mass is 79.9. The molecule has 0 bridgehead atoms. The molecular weight excluding hydrogens is 428 g/mol. The zero-order valence-electron chi connectivity index (χ0n) is 12.8. The minimum absolute atomic E-state index is 0.320.